The van der Waals surface area contributed by atoms with Crippen molar-refractivity contribution in [1.82, 2.24) is 0 Å². The summed E-state index contributed by atoms with van der Waals surface area (Å²) in [5.41, 5.74) is -1.25. The zero-order valence-electron chi connectivity index (χ0n) is 35.0. The van der Waals surface area contributed by atoms with Crippen molar-refractivity contribution in [1.29, 1.82) is 15.8 Å². The topological polar surface area (TPSA) is 211 Å². The Labute approximate surface area is 365 Å². The number of esters is 3. The molecular weight excluding hydrogens is 805 g/mol. The first kappa shape index (κ1) is 48.8. The molecule has 0 aliphatic rings. The van der Waals surface area contributed by atoms with Gasteiger partial charge in [-0.1, -0.05) is 61.5 Å². The van der Waals surface area contributed by atoms with Crippen LogP contribution in [-0.2, 0) is 43.0 Å². The number of ether oxygens (including phenoxy) is 3. The first-order valence-corrected chi connectivity index (χ1v) is 19.2. The lowest BCUT2D eigenvalue weighted by Gasteiger charge is -2.30. The molecule has 15 nitrogen and oxygen atoms in total. The Kier molecular flexibility index (Phi) is 19.4. The van der Waals surface area contributed by atoms with Crippen molar-refractivity contribution in [2.45, 2.75) is 34.1 Å². The Morgan fingerprint density at radius 1 is 0.492 bits per heavy atom. The molecule has 0 aliphatic heterocycles. The number of anilines is 3. The normalized spacial score (nSPS) is 11.9. The van der Waals surface area contributed by atoms with E-state index in [0.29, 0.717) is 17.1 Å². The number of hydrogen-bond acceptors (Lipinski definition) is 12. The van der Waals surface area contributed by atoms with Crippen LogP contribution in [0.1, 0.15) is 34.1 Å². The molecule has 0 aliphatic carbocycles. The highest BCUT2D eigenvalue weighted by Crippen LogP contribution is 2.26. The highest BCUT2D eigenvalue weighted by atomic mass is 16.6. The Balaban J connectivity index is 1.88. The van der Waals surface area contributed by atoms with E-state index in [0.717, 1.165) is 18.2 Å². The van der Waals surface area contributed by atoms with Crippen molar-refractivity contribution >= 4 is 52.7 Å². The summed E-state index contributed by atoms with van der Waals surface area (Å²) in [6.07, 6.45) is 11.5. The predicted octanol–water partition coefficient (Wildman–Crippen LogP) is 7.06. The summed E-state index contributed by atoms with van der Waals surface area (Å²) in [4.78, 5) is 80.4. The SMILES string of the molecule is CCC(COC(=O)/C(C#N)=C/C=C/N(C(C)=O)c1ccccc1)(COC(=O)/C(C#N)=C/C=C/N(C(C)=O)c1ccccc1)COC(=O)/C(C#N)=C/C=C/N(C(C)=O)c1ccccc1. The third-order valence-electron chi connectivity index (χ3n) is 8.91. The van der Waals surface area contributed by atoms with Gasteiger partial charge in [-0.3, -0.25) is 29.1 Å². The molecule has 0 atom stereocenters. The van der Waals surface area contributed by atoms with Crippen molar-refractivity contribution in [2.24, 2.45) is 5.41 Å². The van der Waals surface area contributed by atoms with Gasteiger partial charge in [-0.25, -0.2) is 14.4 Å². The number of allylic oxidation sites excluding steroid dienone is 6. The molecule has 0 saturated heterocycles. The number of rotatable bonds is 19. The largest absolute Gasteiger partial charge is 0.461 e. The van der Waals surface area contributed by atoms with Crippen LogP contribution in [0, 0.1) is 39.4 Å². The second-order valence-electron chi connectivity index (χ2n) is 13.4. The maximum Gasteiger partial charge on any atom is 0.348 e. The lowest BCUT2D eigenvalue weighted by molar-refractivity contribution is -0.157. The number of nitriles is 3. The molecule has 0 unspecified atom stereocenters. The molecule has 0 bridgehead atoms. The number of hydrogen-bond donors (Lipinski definition) is 0. The number of nitrogens with zero attached hydrogens (tertiary/aromatic N) is 6. The third kappa shape index (κ3) is 15.2. The number of carbonyl (C=O) groups is 6. The van der Waals surface area contributed by atoms with E-state index in [9.17, 15) is 44.6 Å². The van der Waals surface area contributed by atoms with E-state index >= 15 is 0 Å². The van der Waals surface area contributed by atoms with Crippen LogP contribution in [0.3, 0.4) is 0 Å². The zero-order chi connectivity index (χ0) is 46.2. The Morgan fingerprint density at radius 3 is 0.952 bits per heavy atom. The van der Waals surface area contributed by atoms with E-state index in [-0.39, 0.29) is 24.1 Å². The zero-order valence-corrected chi connectivity index (χ0v) is 35.0. The first-order valence-electron chi connectivity index (χ1n) is 19.2. The van der Waals surface area contributed by atoms with Gasteiger partial charge >= 0.3 is 17.9 Å². The van der Waals surface area contributed by atoms with Crippen molar-refractivity contribution in [3.8, 4) is 18.2 Å². The van der Waals surface area contributed by atoms with E-state index in [1.165, 1.54) is 72.3 Å². The molecule has 63 heavy (non-hydrogen) atoms. The van der Waals surface area contributed by atoms with Crippen LogP contribution >= 0.6 is 0 Å². The maximum absolute atomic E-state index is 13.2. The van der Waals surface area contributed by atoms with E-state index < -0.39 is 59.9 Å². The molecule has 0 spiro atoms. The van der Waals surface area contributed by atoms with Gasteiger partial charge in [0, 0.05) is 56.4 Å². The summed E-state index contributed by atoms with van der Waals surface area (Å²) in [5.74, 6) is -4.31. The monoisotopic (exact) mass is 848 g/mol. The fourth-order valence-corrected chi connectivity index (χ4v) is 5.33. The van der Waals surface area contributed by atoms with Crippen molar-refractivity contribution in [3.63, 3.8) is 0 Å². The lowest BCUT2D eigenvalue weighted by atomic mass is 9.88. The molecule has 0 heterocycles. The quantitative estimate of drug-likeness (QED) is 0.0390. The molecule has 0 radical (unpaired) electrons. The molecule has 15 heteroatoms. The van der Waals surface area contributed by atoms with Gasteiger partial charge in [-0.15, -0.1) is 0 Å². The molecule has 3 aromatic carbocycles. The number of amides is 3. The summed E-state index contributed by atoms with van der Waals surface area (Å²) in [7, 11) is 0. The Hall–Kier alpha value is -8.61. The highest BCUT2D eigenvalue weighted by molar-refractivity contribution is 5.96. The third-order valence-corrected chi connectivity index (χ3v) is 8.91. The average molecular weight is 849 g/mol. The summed E-state index contributed by atoms with van der Waals surface area (Å²) >= 11 is 0. The molecule has 0 N–H and O–H groups in total. The van der Waals surface area contributed by atoms with Gasteiger partial charge in [-0.2, -0.15) is 15.8 Å². The van der Waals surface area contributed by atoms with E-state index in [2.05, 4.69) is 0 Å². The second kappa shape index (κ2) is 25.1. The van der Waals surface area contributed by atoms with Gasteiger partial charge in [-0.05, 0) is 79.3 Å². The fourth-order valence-electron chi connectivity index (χ4n) is 5.33. The van der Waals surface area contributed by atoms with E-state index in [1.54, 1.807) is 116 Å². The molecule has 3 aromatic rings. The maximum atomic E-state index is 13.2. The minimum absolute atomic E-state index is 0.0310. The molecule has 0 fully saturated rings. The molecule has 0 aromatic heterocycles. The van der Waals surface area contributed by atoms with Crippen LogP contribution in [-0.4, -0.2) is 55.5 Å². The fraction of sp³-hybridized carbons (Fsp3) is 0.188. The summed E-state index contributed by atoms with van der Waals surface area (Å²) < 4.78 is 16.5. The number of carbonyl (C=O) groups excluding carboxylic acids is 6. The van der Waals surface area contributed by atoms with Gasteiger partial charge in [0.2, 0.25) is 17.7 Å². The molecular formula is C48H44N6O9. The Bertz CT molecular complexity index is 2170. The van der Waals surface area contributed by atoms with E-state index in [4.69, 9.17) is 14.2 Å². The van der Waals surface area contributed by atoms with Gasteiger partial charge in [0.05, 0.1) is 5.41 Å². The van der Waals surface area contributed by atoms with Crippen LogP contribution < -0.4 is 14.7 Å². The lowest BCUT2D eigenvalue weighted by Crippen LogP contribution is -2.39. The smallest absolute Gasteiger partial charge is 0.348 e. The van der Waals surface area contributed by atoms with Crippen molar-refractivity contribution in [3.05, 3.63) is 163 Å². The summed E-state index contributed by atoms with van der Waals surface area (Å²) in [6, 6.07) is 31.1. The van der Waals surface area contributed by atoms with E-state index in [1.807, 2.05) is 0 Å². The summed E-state index contributed by atoms with van der Waals surface area (Å²) in [5, 5.41) is 29.4. The van der Waals surface area contributed by atoms with Crippen LogP contribution in [0.4, 0.5) is 17.1 Å². The highest BCUT2D eigenvalue weighted by Gasteiger charge is 2.35. The predicted molar refractivity (Wildman–Crippen MR) is 233 cm³/mol. The number of para-hydroxylation sites is 3. The van der Waals surface area contributed by atoms with Crippen molar-refractivity contribution in [2.75, 3.05) is 34.5 Å². The molecule has 0 saturated carbocycles. The van der Waals surface area contributed by atoms with Gasteiger partial charge in [0.1, 0.15) is 54.7 Å². The van der Waals surface area contributed by atoms with Crippen molar-refractivity contribution < 1.29 is 43.0 Å². The minimum atomic E-state index is -1.49. The van der Waals surface area contributed by atoms with Gasteiger partial charge < -0.3 is 14.2 Å². The van der Waals surface area contributed by atoms with Crippen LogP contribution in [0.25, 0.3) is 0 Å². The number of benzene rings is 3. The van der Waals surface area contributed by atoms with Crippen LogP contribution in [0.5, 0.6) is 0 Å². The standard InChI is InChI=1S/C48H44N6O9/c1-5-48(33-61-45(58)39(30-49)18-15-27-52(36(2)55)42-21-9-6-10-22-42,34-62-46(59)40(31-50)19-16-28-53(37(3)56)43-23-11-7-12-24-43)35-63-47(60)41(32-51)20-17-29-54(38(4)57)44-25-13-8-14-26-44/h6-29H,5,33-35H2,1-4H3/b27-15+,28-16+,29-17+,39-18+,40-19+,41-20+. The summed E-state index contributed by atoms with van der Waals surface area (Å²) in [6.45, 7) is 3.89. The van der Waals surface area contributed by atoms with Crippen LogP contribution in [0.2, 0.25) is 0 Å². The van der Waals surface area contributed by atoms with Gasteiger partial charge in [0.25, 0.3) is 0 Å². The average Bonchev–Trinajstić information content (AvgIpc) is 3.29. The van der Waals surface area contributed by atoms with Crippen LogP contribution in [0.15, 0.2) is 163 Å². The first-order chi connectivity index (χ1) is 30.3. The Morgan fingerprint density at radius 2 is 0.746 bits per heavy atom. The minimum Gasteiger partial charge on any atom is -0.461 e. The molecule has 3 amide bonds. The van der Waals surface area contributed by atoms with Gasteiger partial charge in [0.15, 0.2) is 0 Å². The molecule has 3 rings (SSSR count). The molecule has 320 valence electrons. The second-order valence-corrected chi connectivity index (χ2v) is 13.4.